The number of anilines is 1. The normalized spacial score (nSPS) is 11.2. The summed E-state index contributed by atoms with van der Waals surface area (Å²) in [6.07, 6.45) is 0.252. The van der Waals surface area contributed by atoms with E-state index in [0.29, 0.717) is 5.56 Å². The van der Waals surface area contributed by atoms with Gasteiger partial charge < -0.3 is 14.8 Å². The van der Waals surface area contributed by atoms with Gasteiger partial charge in [-0.3, -0.25) is 9.59 Å². The number of halogens is 2. The lowest BCUT2D eigenvalue weighted by molar-refractivity contribution is -0.147. The molecule has 2 aromatic carbocycles. The molecule has 0 aliphatic carbocycles. The zero-order valence-corrected chi connectivity index (χ0v) is 16.7. The highest BCUT2D eigenvalue weighted by Crippen LogP contribution is 2.25. The summed E-state index contributed by atoms with van der Waals surface area (Å²) in [5.41, 5.74) is 0.736. The van der Waals surface area contributed by atoms with Gasteiger partial charge in [-0.1, -0.05) is 24.3 Å². The molecule has 11 heteroatoms. The topological polar surface area (TPSA) is 111 Å². The van der Waals surface area contributed by atoms with E-state index in [-0.39, 0.29) is 29.2 Å². The van der Waals surface area contributed by atoms with Gasteiger partial charge in [-0.15, -0.1) is 0 Å². The van der Waals surface area contributed by atoms with E-state index in [2.05, 4.69) is 14.8 Å². The van der Waals surface area contributed by atoms with Gasteiger partial charge in [-0.2, -0.15) is 8.78 Å². The highest BCUT2D eigenvalue weighted by Gasteiger charge is 2.14. The minimum Gasteiger partial charge on any atom is -0.456 e. The third-order valence-corrected chi connectivity index (χ3v) is 5.29. The average molecular weight is 442 g/mol. The molecule has 30 heavy (non-hydrogen) atoms. The number of carbonyl (C=O) groups is 2. The quantitative estimate of drug-likeness (QED) is 0.547. The molecule has 0 unspecified atom stereocenters. The van der Waals surface area contributed by atoms with Gasteiger partial charge in [-0.05, 0) is 43.3 Å². The zero-order valence-electron chi connectivity index (χ0n) is 15.9. The Labute approximate surface area is 172 Å². The molecule has 0 heterocycles. The molecule has 2 aromatic rings. The number of sulfonamides is 1. The number of alkyl halides is 2. The first-order valence-corrected chi connectivity index (χ1v) is 10.2. The van der Waals surface area contributed by atoms with Crippen molar-refractivity contribution < 1.29 is 36.3 Å². The second-order valence-electron chi connectivity index (χ2n) is 5.94. The first-order valence-electron chi connectivity index (χ1n) is 8.73. The fourth-order valence-corrected chi connectivity index (χ4v) is 3.10. The van der Waals surface area contributed by atoms with Crippen LogP contribution in [0.25, 0.3) is 0 Å². The predicted molar refractivity (Wildman–Crippen MR) is 104 cm³/mol. The summed E-state index contributed by atoms with van der Waals surface area (Å²) in [5.74, 6) is -1.57. The largest absolute Gasteiger partial charge is 0.456 e. The van der Waals surface area contributed by atoms with Gasteiger partial charge in [-0.25, -0.2) is 13.1 Å². The molecule has 162 valence electrons. The van der Waals surface area contributed by atoms with E-state index >= 15 is 0 Å². The van der Waals surface area contributed by atoms with E-state index in [1.807, 2.05) is 0 Å². The number of ether oxygens (including phenoxy) is 2. The number of rotatable bonds is 10. The fourth-order valence-electron chi connectivity index (χ4n) is 2.37. The second kappa shape index (κ2) is 10.6. The van der Waals surface area contributed by atoms with Crippen molar-refractivity contribution in [2.45, 2.75) is 24.3 Å². The lowest BCUT2D eigenvalue weighted by Crippen LogP contribution is -2.21. The Kier molecular flexibility index (Phi) is 8.25. The van der Waals surface area contributed by atoms with Crippen molar-refractivity contribution in [2.75, 3.05) is 19.0 Å². The van der Waals surface area contributed by atoms with Crippen LogP contribution in [0.2, 0.25) is 0 Å². The van der Waals surface area contributed by atoms with E-state index in [1.165, 1.54) is 43.4 Å². The Hall–Kier alpha value is -3.05. The van der Waals surface area contributed by atoms with Gasteiger partial charge in [0.15, 0.2) is 6.61 Å². The number of hydrogen-bond donors (Lipinski definition) is 2. The Morgan fingerprint density at radius 3 is 2.37 bits per heavy atom. The number of esters is 1. The maximum Gasteiger partial charge on any atom is 0.387 e. The van der Waals surface area contributed by atoms with Crippen LogP contribution < -0.4 is 14.8 Å². The van der Waals surface area contributed by atoms with Crippen LogP contribution in [0.4, 0.5) is 14.5 Å². The minimum absolute atomic E-state index is 0.0236. The molecule has 0 aliphatic rings. The van der Waals surface area contributed by atoms with Crippen molar-refractivity contribution in [1.29, 1.82) is 0 Å². The number of aryl methyl sites for hydroxylation is 1. The van der Waals surface area contributed by atoms with Crippen LogP contribution in [0.3, 0.4) is 0 Å². The van der Waals surface area contributed by atoms with E-state index in [1.54, 1.807) is 12.1 Å². The standard InChI is InChI=1S/C19H20F2N2O6S/c1-22-30(26,27)14-9-6-13(7-10-14)8-11-18(25)28-12-17(24)23-15-4-2-3-5-16(15)29-19(20)21/h2-7,9-10,19,22H,8,11-12H2,1H3,(H,23,24). The van der Waals surface area contributed by atoms with Crippen LogP contribution in [-0.4, -0.2) is 40.6 Å². The molecule has 0 spiro atoms. The van der Waals surface area contributed by atoms with E-state index in [0.717, 1.165) is 0 Å². The van der Waals surface area contributed by atoms with Crippen molar-refractivity contribution in [2.24, 2.45) is 0 Å². The number of hydrogen-bond acceptors (Lipinski definition) is 6. The van der Waals surface area contributed by atoms with Crippen molar-refractivity contribution in [3.05, 3.63) is 54.1 Å². The van der Waals surface area contributed by atoms with Gasteiger partial charge >= 0.3 is 12.6 Å². The van der Waals surface area contributed by atoms with Crippen molar-refractivity contribution >= 4 is 27.6 Å². The van der Waals surface area contributed by atoms with Crippen LogP contribution in [-0.2, 0) is 30.8 Å². The summed E-state index contributed by atoms with van der Waals surface area (Å²) in [5, 5.41) is 2.33. The minimum atomic E-state index is -3.54. The van der Waals surface area contributed by atoms with Gasteiger partial charge in [0.2, 0.25) is 10.0 Å². The molecule has 0 aromatic heterocycles. The first kappa shape index (κ1) is 23.2. The number of nitrogens with one attached hydrogen (secondary N) is 2. The molecule has 0 bridgehead atoms. The molecule has 0 aliphatic heterocycles. The Morgan fingerprint density at radius 2 is 1.73 bits per heavy atom. The molecule has 8 nitrogen and oxygen atoms in total. The summed E-state index contributed by atoms with van der Waals surface area (Å²) >= 11 is 0. The lowest BCUT2D eigenvalue weighted by Gasteiger charge is -2.11. The number of para-hydroxylation sites is 2. The summed E-state index contributed by atoms with van der Waals surface area (Å²) in [6.45, 7) is -3.64. The monoisotopic (exact) mass is 442 g/mol. The maximum absolute atomic E-state index is 12.4. The van der Waals surface area contributed by atoms with Gasteiger partial charge in [0.25, 0.3) is 5.91 Å². The Bertz CT molecular complexity index is 981. The fraction of sp³-hybridized carbons (Fsp3) is 0.263. The molecule has 0 atom stereocenters. The van der Waals surface area contributed by atoms with Crippen LogP contribution in [0, 0.1) is 0 Å². The number of amides is 1. The maximum atomic E-state index is 12.4. The summed E-state index contributed by atoms with van der Waals surface area (Å²) in [7, 11) is -2.23. The molecule has 0 saturated carbocycles. The first-order chi connectivity index (χ1) is 14.2. The average Bonchev–Trinajstić information content (AvgIpc) is 2.72. The number of benzene rings is 2. The molecular weight excluding hydrogens is 422 g/mol. The molecule has 2 rings (SSSR count). The molecule has 0 saturated heterocycles. The van der Waals surface area contributed by atoms with Crippen molar-refractivity contribution in [1.82, 2.24) is 4.72 Å². The number of carbonyl (C=O) groups excluding carboxylic acids is 2. The summed E-state index contributed by atoms with van der Waals surface area (Å²) in [4.78, 5) is 23.8. The molecular formula is C19H20F2N2O6S. The van der Waals surface area contributed by atoms with E-state index in [9.17, 15) is 26.8 Å². The van der Waals surface area contributed by atoms with Gasteiger partial charge in [0, 0.05) is 6.42 Å². The van der Waals surface area contributed by atoms with Crippen LogP contribution in [0.5, 0.6) is 5.75 Å². The molecule has 1 amide bonds. The van der Waals surface area contributed by atoms with Crippen molar-refractivity contribution in [3.63, 3.8) is 0 Å². The van der Waals surface area contributed by atoms with Crippen LogP contribution in [0.1, 0.15) is 12.0 Å². The second-order valence-corrected chi connectivity index (χ2v) is 7.82. The van der Waals surface area contributed by atoms with Crippen LogP contribution >= 0.6 is 0 Å². The van der Waals surface area contributed by atoms with Gasteiger partial charge in [0.05, 0.1) is 10.6 Å². The van der Waals surface area contributed by atoms with E-state index < -0.39 is 35.1 Å². The smallest absolute Gasteiger partial charge is 0.387 e. The Morgan fingerprint density at radius 1 is 1.07 bits per heavy atom. The molecule has 0 fully saturated rings. The predicted octanol–water partition coefficient (Wildman–Crippen LogP) is 2.31. The van der Waals surface area contributed by atoms with Gasteiger partial charge in [0.1, 0.15) is 5.75 Å². The van der Waals surface area contributed by atoms with E-state index in [4.69, 9.17) is 4.74 Å². The summed E-state index contributed by atoms with van der Waals surface area (Å²) in [6, 6.07) is 11.6. The third-order valence-electron chi connectivity index (χ3n) is 3.86. The lowest BCUT2D eigenvalue weighted by atomic mass is 10.1. The highest BCUT2D eigenvalue weighted by atomic mass is 32.2. The molecule has 0 radical (unpaired) electrons. The SMILES string of the molecule is CNS(=O)(=O)c1ccc(CCC(=O)OCC(=O)Nc2ccccc2OC(F)F)cc1. The molecule has 2 N–H and O–H groups in total. The third kappa shape index (κ3) is 7.08. The summed E-state index contributed by atoms with van der Waals surface area (Å²) < 4.78 is 59.5. The van der Waals surface area contributed by atoms with Crippen molar-refractivity contribution in [3.8, 4) is 5.75 Å². The zero-order chi connectivity index (χ0) is 22.1. The van der Waals surface area contributed by atoms with Crippen LogP contribution in [0.15, 0.2) is 53.4 Å². The highest BCUT2D eigenvalue weighted by molar-refractivity contribution is 7.89. The Balaban J connectivity index is 1.80.